The Hall–Kier alpha value is -3.74. The van der Waals surface area contributed by atoms with Crippen LogP contribution in [0.15, 0.2) is 65.8 Å². The molecule has 0 spiro atoms. The van der Waals surface area contributed by atoms with Gasteiger partial charge < -0.3 is 9.47 Å². The second-order valence-corrected chi connectivity index (χ2v) is 6.13. The molecule has 0 saturated carbocycles. The van der Waals surface area contributed by atoms with Crippen LogP contribution in [0.1, 0.15) is 5.69 Å². The lowest BCUT2D eigenvalue weighted by molar-refractivity contribution is 0.174. The van der Waals surface area contributed by atoms with Crippen molar-refractivity contribution in [2.24, 2.45) is 0 Å². The van der Waals surface area contributed by atoms with E-state index in [-0.39, 0.29) is 12.4 Å². The van der Waals surface area contributed by atoms with E-state index in [1.807, 2.05) is 42.5 Å². The van der Waals surface area contributed by atoms with Crippen LogP contribution in [-0.2, 0) is 6.54 Å². The molecule has 132 valence electrons. The molecule has 1 aliphatic rings. The zero-order chi connectivity index (χ0) is 18.2. The standard InChI is InChI=1S/C20H14N4O3/c25-20-19-16(22-11-24(20)10-14-3-1-2-8-21-14)6-5-15(23-19)13-4-7-17-18(9-13)27-12-26-17/h1-9,11H,10,12H2. The van der Waals surface area contributed by atoms with Gasteiger partial charge in [-0.2, -0.15) is 0 Å². The van der Waals surface area contributed by atoms with Crippen LogP contribution < -0.4 is 15.0 Å². The van der Waals surface area contributed by atoms with Gasteiger partial charge >= 0.3 is 0 Å². The predicted molar refractivity (Wildman–Crippen MR) is 98.7 cm³/mol. The summed E-state index contributed by atoms with van der Waals surface area (Å²) < 4.78 is 12.3. The summed E-state index contributed by atoms with van der Waals surface area (Å²) >= 11 is 0. The highest BCUT2D eigenvalue weighted by atomic mass is 16.7. The lowest BCUT2D eigenvalue weighted by Crippen LogP contribution is -2.22. The van der Waals surface area contributed by atoms with Crippen LogP contribution in [0, 0.1) is 0 Å². The number of rotatable bonds is 3. The molecular formula is C20H14N4O3. The lowest BCUT2D eigenvalue weighted by Gasteiger charge is -2.07. The third-order valence-corrected chi connectivity index (χ3v) is 4.40. The molecule has 5 rings (SSSR count). The van der Waals surface area contributed by atoms with Crippen LogP contribution in [0.2, 0.25) is 0 Å². The maximum absolute atomic E-state index is 12.9. The highest BCUT2D eigenvalue weighted by molar-refractivity contribution is 5.77. The summed E-state index contributed by atoms with van der Waals surface area (Å²) in [6.45, 7) is 0.560. The molecule has 4 aromatic rings. The van der Waals surface area contributed by atoms with Gasteiger partial charge in [0, 0.05) is 11.8 Å². The number of benzene rings is 1. The Morgan fingerprint density at radius 1 is 1.00 bits per heavy atom. The first-order chi connectivity index (χ1) is 13.3. The van der Waals surface area contributed by atoms with E-state index in [4.69, 9.17) is 9.47 Å². The maximum atomic E-state index is 12.9. The topological polar surface area (TPSA) is 79.1 Å². The van der Waals surface area contributed by atoms with Gasteiger partial charge in [-0.25, -0.2) is 9.97 Å². The lowest BCUT2D eigenvalue weighted by atomic mass is 10.1. The Balaban J connectivity index is 1.58. The van der Waals surface area contributed by atoms with Crippen LogP contribution in [-0.4, -0.2) is 26.3 Å². The molecule has 7 heteroatoms. The second kappa shape index (κ2) is 6.21. The number of aromatic nitrogens is 4. The second-order valence-electron chi connectivity index (χ2n) is 6.13. The third-order valence-electron chi connectivity index (χ3n) is 4.40. The Morgan fingerprint density at radius 3 is 2.81 bits per heavy atom. The molecule has 3 aromatic heterocycles. The molecule has 7 nitrogen and oxygen atoms in total. The SMILES string of the molecule is O=c1c2nc(-c3ccc4c(c3)OCO4)ccc2ncn1Cc1ccccn1. The average Bonchev–Trinajstić information content (AvgIpc) is 3.19. The molecule has 0 amide bonds. The largest absolute Gasteiger partial charge is 0.454 e. The van der Waals surface area contributed by atoms with E-state index in [1.54, 1.807) is 12.3 Å². The summed E-state index contributed by atoms with van der Waals surface area (Å²) in [5.41, 5.74) is 2.99. The van der Waals surface area contributed by atoms with Crippen molar-refractivity contribution in [3.63, 3.8) is 0 Å². The number of ether oxygens (including phenoxy) is 2. The van der Waals surface area contributed by atoms with Gasteiger partial charge in [0.05, 0.1) is 29.8 Å². The summed E-state index contributed by atoms with van der Waals surface area (Å²) in [7, 11) is 0. The fraction of sp³-hybridized carbons (Fsp3) is 0.100. The summed E-state index contributed by atoms with van der Waals surface area (Å²) in [6.07, 6.45) is 3.23. The van der Waals surface area contributed by atoms with Gasteiger partial charge in [0.2, 0.25) is 6.79 Å². The van der Waals surface area contributed by atoms with Crippen LogP contribution in [0.3, 0.4) is 0 Å². The maximum Gasteiger partial charge on any atom is 0.280 e. The number of pyridine rings is 2. The fourth-order valence-corrected chi connectivity index (χ4v) is 3.03. The number of nitrogens with zero attached hydrogens (tertiary/aromatic N) is 4. The predicted octanol–water partition coefficient (Wildman–Crippen LogP) is 2.63. The summed E-state index contributed by atoms with van der Waals surface area (Å²) in [6, 6.07) is 14.8. The molecule has 0 radical (unpaired) electrons. The highest BCUT2D eigenvalue weighted by Gasteiger charge is 2.15. The Kier molecular flexibility index (Phi) is 3.57. The quantitative estimate of drug-likeness (QED) is 0.560. The number of hydrogen-bond acceptors (Lipinski definition) is 6. The van der Waals surface area contributed by atoms with E-state index in [2.05, 4.69) is 15.0 Å². The Labute approximate surface area is 153 Å². The van der Waals surface area contributed by atoms with Crippen LogP contribution in [0.5, 0.6) is 11.5 Å². The summed E-state index contributed by atoms with van der Waals surface area (Å²) in [5.74, 6) is 1.38. The third kappa shape index (κ3) is 2.79. The van der Waals surface area contributed by atoms with Crippen molar-refractivity contribution in [1.82, 2.24) is 19.5 Å². The van der Waals surface area contributed by atoms with Gasteiger partial charge in [0.15, 0.2) is 17.0 Å². The van der Waals surface area contributed by atoms with E-state index in [0.717, 1.165) is 11.3 Å². The van der Waals surface area contributed by atoms with Gasteiger partial charge in [-0.15, -0.1) is 0 Å². The smallest absolute Gasteiger partial charge is 0.280 e. The zero-order valence-corrected chi connectivity index (χ0v) is 14.2. The molecule has 1 aromatic carbocycles. The molecule has 0 unspecified atom stereocenters. The van der Waals surface area contributed by atoms with Crippen molar-refractivity contribution in [3.8, 4) is 22.8 Å². The summed E-state index contributed by atoms with van der Waals surface area (Å²) in [5, 5.41) is 0. The number of fused-ring (bicyclic) bond motifs is 2. The molecule has 4 heterocycles. The minimum atomic E-state index is -0.201. The van der Waals surface area contributed by atoms with E-state index >= 15 is 0 Å². The Morgan fingerprint density at radius 2 is 1.93 bits per heavy atom. The van der Waals surface area contributed by atoms with Crippen LogP contribution in [0.25, 0.3) is 22.3 Å². The van der Waals surface area contributed by atoms with Gasteiger partial charge in [0.1, 0.15) is 0 Å². The van der Waals surface area contributed by atoms with E-state index < -0.39 is 0 Å². The zero-order valence-electron chi connectivity index (χ0n) is 14.2. The highest BCUT2D eigenvalue weighted by Crippen LogP contribution is 2.35. The molecular weight excluding hydrogens is 344 g/mol. The normalized spacial score (nSPS) is 12.4. The first-order valence-electron chi connectivity index (χ1n) is 8.44. The fourth-order valence-electron chi connectivity index (χ4n) is 3.03. The first kappa shape index (κ1) is 15.5. The van der Waals surface area contributed by atoms with Gasteiger partial charge in [0.25, 0.3) is 5.56 Å². The van der Waals surface area contributed by atoms with E-state index in [1.165, 1.54) is 10.9 Å². The van der Waals surface area contributed by atoms with Crippen LogP contribution in [0.4, 0.5) is 0 Å². The summed E-state index contributed by atoms with van der Waals surface area (Å²) in [4.78, 5) is 26.1. The molecule has 0 aliphatic carbocycles. The van der Waals surface area contributed by atoms with Crippen molar-refractivity contribution < 1.29 is 9.47 Å². The van der Waals surface area contributed by atoms with E-state index in [0.29, 0.717) is 34.8 Å². The minimum absolute atomic E-state index is 0.201. The first-order valence-corrected chi connectivity index (χ1v) is 8.44. The molecule has 27 heavy (non-hydrogen) atoms. The molecule has 0 atom stereocenters. The molecule has 1 aliphatic heterocycles. The molecule has 0 saturated heterocycles. The minimum Gasteiger partial charge on any atom is -0.454 e. The monoisotopic (exact) mass is 358 g/mol. The van der Waals surface area contributed by atoms with Gasteiger partial charge in [-0.05, 0) is 42.5 Å². The molecule has 0 fully saturated rings. The van der Waals surface area contributed by atoms with Crippen molar-refractivity contribution in [1.29, 1.82) is 0 Å². The van der Waals surface area contributed by atoms with Crippen molar-refractivity contribution >= 4 is 11.0 Å². The van der Waals surface area contributed by atoms with Crippen LogP contribution >= 0.6 is 0 Å². The molecule has 0 N–H and O–H groups in total. The molecule has 0 bridgehead atoms. The van der Waals surface area contributed by atoms with Gasteiger partial charge in [-0.1, -0.05) is 6.07 Å². The Bertz CT molecular complexity index is 1200. The van der Waals surface area contributed by atoms with Crippen molar-refractivity contribution in [2.75, 3.05) is 6.79 Å². The van der Waals surface area contributed by atoms with Gasteiger partial charge in [-0.3, -0.25) is 14.3 Å². The van der Waals surface area contributed by atoms with Crippen molar-refractivity contribution in [3.05, 3.63) is 77.1 Å². The number of hydrogen-bond donors (Lipinski definition) is 0. The van der Waals surface area contributed by atoms with E-state index in [9.17, 15) is 4.79 Å². The average molecular weight is 358 g/mol. The van der Waals surface area contributed by atoms with Crippen molar-refractivity contribution in [2.45, 2.75) is 6.54 Å².